The van der Waals surface area contributed by atoms with Crippen LogP contribution in [0.5, 0.6) is 0 Å². The zero-order chi connectivity index (χ0) is 77.3. The molecule has 0 bridgehead atoms. The van der Waals surface area contributed by atoms with Gasteiger partial charge in [0.15, 0.2) is 0 Å². The number of primary sulfonamides is 3. The Labute approximate surface area is 618 Å². The van der Waals surface area contributed by atoms with Crippen LogP contribution < -0.4 is 26.1 Å². The van der Waals surface area contributed by atoms with Gasteiger partial charge >= 0.3 is 0 Å². The highest BCUT2D eigenvalue weighted by atomic mass is 32.2. The number of carbonyl (C=O) groups excluding carboxylic acids is 2. The summed E-state index contributed by atoms with van der Waals surface area (Å²) in [6.45, 7) is 41.7. The summed E-state index contributed by atoms with van der Waals surface area (Å²) in [6, 6.07) is 22.1. The Morgan fingerprint density at radius 3 is 1.00 bits per heavy atom. The molecule has 572 valence electrons. The lowest BCUT2D eigenvalue weighted by atomic mass is 9.84. The third kappa shape index (κ3) is 21.9. The van der Waals surface area contributed by atoms with E-state index in [0.29, 0.717) is 63.8 Å². The standard InChI is InChI=1S/C27H43N3O4S2.C27H41N3O3S.C26H39N3O3S/c1-19-25(35(28,31)32)17-24(30(19)18-20-12-10-9-11-13-20)21-14-22(26(2,3)4)16-23(15-21)36(33,34)29(8)27(5,6)7;1-18-24(34(28,32)33)16-23(30(18)17-19-11-9-8-10-12-19)20-13-21(25(31)29-27(5,6)7)15-22(14-20)26(2,3)4;1-17(2)28-25(30)21-12-20(13-22(14-21)26(4,5)6)23-15-24(33(27,31)32)18(3)29(23)16-19-10-8-7-9-11-19/h14-17,20H,9-13,18H2,1-8H3,(H2,28,31,32);13-16,19H,8-12,17H2,1-7H3,(H,29,31)(H2,28,32,33);12-15,17,19H,7-11,16H2,1-6H3,(H,28,30)(H2,27,31,32). The summed E-state index contributed by atoms with van der Waals surface area (Å²) in [4.78, 5) is 26.6. The Morgan fingerprint density at radius 2 is 0.728 bits per heavy atom. The Balaban J connectivity index is 0.000000216. The van der Waals surface area contributed by atoms with Gasteiger partial charge in [0.1, 0.15) is 14.7 Å². The Kier molecular flexibility index (Phi) is 26.4. The molecule has 3 aromatic heterocycles. The summed E-state index contributed by atoms with van der Waals surface area (Å²) in [5.74, 6) is 1.17. The van der Waals surface area contributed by atoms with Crippen LogP contribution in [0.3, 0.4) is 0 Å². The first-order valence-corrected chi connectivity index (χ1v) is 43.0. The monoisotopic (exact) mass is 1500 g/mol. The zero-order valence-electron chi connectivity index (χ0n) is 65.7. The third-order valence-corrected chi connectivity index (χ3v) is 25.8. The molecule has 2 amide bonds. The van der Waals surface area contributed by atoms with Crippen LogP contribution in [0.4, 0.5) is 0 Å². The van der Waals surface area contributed by atoms with E-state index in [4.69, 9.17) is 15.4 Å². The molecule has 0 saturated heterocycles. The molecular weight excluding hydrogens is 1380 g/mol. The summed E-state index contributed by atoms with van der Waals surface area (Å²) in [5.41, 5.74) is 8.92. The van der Waals surface area contributed by atoms with Gasteiger partial charge in [0, 0.05) is 89.1 Å². The zero-order valence-corrected chi connectivity index (χ0v) is 69.0. The predicted molar refractivity (Wildman–Crippen MR) is 418 cm³/mol. The van der Waals surface area contributed by atoms with E-state index < -0.39 is 45.6 Å². The smallest absolute Gasteiger partial charge is 0.251 e. The van der Waals surface area contributed by atoms with Crippen molar-refractivity contribution in [1.29, 1.82) is 0 Å². The molecule has 3 aliphatic rings. The first-order valence-electron chi connectivity index (χ1n) is 37.0. The molecule has 0 spiro atoms. The minimum absolute atomic E-state index is 0.0191. The average Bonchev–Trinajstić information content (AvgIpc) is 1.73. The molecule has 3 fully saturated rings. The van der Waals surface area contributed by atoms with Crippen LogP contribution in [0, 0.1) is 38.5 Å². The number of nitrogens with two attached hydrogens (primary N) is 3. The second-order valence-electron chi connectivity index (χ2n) is 35.0. The fourth-order valence-corrected chi connectivity index (χ4v) is 18.3. The van der Waals surface area contributed by atoms with E-state index in [2.05, 4.69) is 73.4 Å². The number of rotatable bonds is 17. The molecule has 0 aliphatic heterocycles. The van der Waals surface area contributed by atoms with E-state index in [9.17, 15) is 43.3 Å². The van der Waals surface area contributed by atoms with E-state index in [1.165, 1.54) is 62.1 Å². The Hall–Kier alpha value is -5.92. The van der Waals surface area contributed by atoms with E-state index in [-0.39, 0.29) is 59.2 Å². The number of amides is 2. The second-order valence-corrected chi connectivity index (χ2v) is 41.5. The van der Waals surface area contributed by atoms with Crippen LogP contribution in [-0.2, 0) is 76.0 Å². The Bertz CT molecular complexity index is 4510. The van der Waals surface area contributed by atoms with Gasteiger partial charge in [0.05, 0.1) is 4.90 Å². The van der Waals surface area contributed by atoms with Crippen molar-refractivity contribution in [2.24, 2.45) is 33.2 Å². The number of aromatic nitrogens is 3. The number of benzene rings is 3. The average molecular weight is 1500 g/mol. The normalized spacial score (nSPS) is 16.1. The predicted octanol–water partition coefficient (Wildman–Crippen LogP) is 16.1. The second kappa shape index (κ2) is 32.3. The summed E-state index contributed by atoms with van der Waals surface area (Å²) in [6.07, 6.45) is 17.7. The number of hydrogen-bond donors (Lipinski definition) is 5. The fourth-order valence-electron chi connectivity index (χ4n) is 14.3. The van der Waals surface area contributed by atoms with Crippen LogP contribution in [-0.4, -0.2) is 87.7 Å². The summed E-state index contributed by atoms with van der Waals surface area (Å²) >= 11 is 0. The van der Waals surface area contributed by atoms with Gasteiger partial charge in [-0.05, 0) is 255 Å². The van der Waals surface area contributed by atoms with Gasteiger partial charge in [-0.25, -0.2) is 49.1 Å². The van der Waals surface area contributed by atoms with E-state index >= 15 is 0 Å². The molecule has 103 heavy (non-hydrogen) atoms. The van der Waals surface area contributed by atoms with E-state index in [1.807, 2.05) is 125 Å². The van der Waals surface area contributed by atoms with Crippen molar-refractivity contribution in [2.45, 2.75) is 307 Å². The number of nitrogens with one attached hydrogen (secondary N) is 2. The maximum Gasteiger partial charge on any atom is 0.251 e. The molecule has 0 atom stereocenters. The van der Waals surface area contributed by atoms with E-state index in [0.717, 1.165) is 90.8 Å². The molecule has 3 saturated carbocycles. The van der Waals surface area contributed by atoms with Gasteiger partial charge in [-0.2, -0.15) is 4.31 Å². The summed E-state index contributed by atoms with van der Waals surface area (Å²) in [5, 5.41) is 22.8. The highest BCUT2D eigenvalue weighted by Gasteiger charge is 2.35. The van der Waals surface area contributed by atoms with Gasteiger partial charge in [-0.3, -0.25) is 9.59 Å². The lowest BCUT2D eigenvalue weighted by molar-refractivity contribution is 0.0916. The van der Waals surface area contributed by atoms with Crippen LogP contribution in [0.25, 0.3) is 33.8 Å². The molecule has 19 nitrogen and oxygen atoms in total. The van der Waals surface area contributed by atoms with Gasteiger partial charge in [-0.15, -0.1) is 0 Å². The highest BCUT2D eigenvalue weighted by molar-refractivity contribution is 7.90. The molecule has 9 rings (SSSR count). The molecule has 23 heteroatoms. The van der Waals surface area contributed by atoms with Crippen molar-refractivity contribution in [2.75, 3.05) is 7.05 Å². The van der Waals surface area contributed by atoms with Crippen molar-refractivity contribution in [1.82, 2.24) is 28.6 Å². The van der Waals surface area contributed by atoms with Gasteiger partial charge in [-0.1, -0.05) is 120 Å². The SMILES string of the molecule is Cc1c(S(N)(=O)=O)cc(-c2cc(C(=O)NC(C)(C)C)cc(C(C)(C)C)c2)n1CC1CCCCC1.Cc1c(S(N)(=O)=O)cc(-c2cc(C(=O)NC(C)C)cc(C(C)(C)C)c2)n1CC1CCCCC1.Cc1c(S(N)(=O)=O)cc(-c2cc(C(C)(C)C)cc(S(=O)(=O)N(C)C(C)(C)C)c2)n1CC1CCCCC1. The molecule has 0 radical (unpaired) electrons. The largest absolute Gasteiger partial charge is 0.350 e. The van der Waals surface area contributed by atoms with Gasteiger partial charge in [0.25, 0.3) is 11.8 Å². The number of sulfonamides is 4. The molecular formula is C80H123N9O10S4. The Morgan fingerprint density at radius 1 is 0.437 bits per heavy atom. The van der Waals surface area contributed by atoms with Crippen LogP contribution in [0.1, 0.15) is 269 Å². The van der Waals surface area contributed by atoms with Crippen LogP contribution in [0.15, 0.2) is 92.4 Å². The molecule has 3 aliphatic carbocycles. The molecule has 3 aromatic carbocycles. The van der Waals surface area contributed by atoms with Crippen molar-refractivity contribution < 1.29 is 43.3 Å². The lowest BCUT2D eigenvalue weighted by Crippen LogP contribution is -2.42. The fraction of sp³-hybridized carbons (Fsp3) is 0.600. The quantitative estimate of drug-likeness (QED) is 0.0575. The first kappa shape index (κ1) is 84.3. The minimum Gasteiger partial charge on any atom is -0.350 e. The van der Waals surface area contributed by atoms with Crippen LogP contribution >= 0.6 is 0 Å². The third-order valence-electron chi connectivity index (χ3n) is 20.7. The maximum absolute atomic E-state index is 13.7. The summed E-state index contributed by atoms with van der Waals surface area (Å²) < 4.78 is 109. The highest BCUT2D eigenvalue weighted by Crippen LogP contribution is 2.41. The molecule has 6 aromatic rings. The number of nitrogens with zero attached hydrogens (tertiary/aromatic N) is 4. The van der Waals surface area contributed by atoms with Crippen LogP contribution in [0.2, 0.25) is 0 Å². The number of carbonyl (C=O) groups is 2. The lowest BCUT2D eigenvalue weighted by Gasteiger charge is -2.31. The molecule has 8 N–H and O–H groups in total. The van der Waals surface area contributed by atoms with Crippen molar-refractivity contribution >= 4 is 51.9 Å². The molecule has 3 heterocycles. The van der Waals surface area contributed by atoms with E-state index in [1.54, 1.807) is 44.3 Å². The van der Waals surface area contributed by atoms with Crippen molar-refractivity contribution in [3.05, 3.63) is 118 Å². The van der Waals surface area contributed by atoms with Gasteiger partial charge < -0.3 is 24.3 Å². The summed E-state index contributed by atoms with van der Waals surface area (Å²) in [7, 11) is -13.9. The minimum atomic E-state index is -3.94. The topological polar surface area (TPSA) is 291 Å². The van der Waals surface area contributed by atoms with Crippen molar-refractivity contribution in [3.8, 4) is 33.8 Å². The van der Waals surface area contributed by atoms with Gasteiger partial charge in [0.2, 0.25) is 40.1 Å². The first-order chi connectivity index (χ1) is 47.2. The van der Waals surface area contributed by atoms with Crippen molar-refractivity contribution in [3.63, 3.8) is 0 Å². The molecule has 0 unspecified atom stereocenters. The number of hydrogen-bond acceptors (Lipinski definition) is 10. The maximum atomic E-state index is 13.7.